The summed E-state index contributed by atoms with van der Waals surface area (Å²) in [5, 5.41) is 1.80. The standard InChI is InChI=1S/C16H16ClNO/c1-2-15(19)10-7-8-12-14(9-10)18-13-6-4-3-5-11(13)16(12)17/h7-9H,2-6H2,1H3. The Morgan fingerprint density at radius 3 is 2.89 bits per heavy atom. The summed E-state index contributed by atoms with van der Waals surface area (Å²) in [4.78, 5) is 16.5. The van der Waals surface area contributed by atoms with Gasteiger partial charge in [-0.05, 0) is 37.3 Å². The summed E-state index contributed by atoms with van der Waals surface area (Å²) in [6, 6.07) is 5.67. The fourth-order valence-corrected chi connectivity index (χ4v) is 3.11. The summed E-state index contributed by atoms with van der Waals surface area (Å²) < 4.78 is 0. The van der Waals surface area contributed by atoms with Crippen LogP contribution in [0.25, 0.3) is 10.9 Å². The van der Waals surface area contributed by atoms with Crippen molar-refractivity contribution in [2.45, 2.75) is 39.0 Å². The molecule has 0 saturated carbocycles. The first-order chi connectivity index (χ1) is 9.20. The van der Waals surface area contributed by atoms with E-state index in [1.807, 2.05) is 25.1 Å². The SMILES string of the molecule is CCC(=O)c1ccc2c(Cl)c3c(nc2c1)CCCC3. The third-order valence-electron chi connectivity index (χ3n) is 3.84. The molecule has 0 bridgehead atoms. The molecule has 0 fully saturated rings. The van der Waals surface area contributed by atoms with Gasteiger partial charge in [0, 0.05) is 23.1 Å². The summed E-state index contributed by atoms with van der Waals surface area (Å²) >= 11 is 6.50. The van der Waals surface area contributed by atoms with Crippen LogP contribution >= 0.6 is 11.6 Å². The zero-order valence-corrected chi connectivity index (χ0v) is 11.8. The van der Waals surface area contributed by atoms with Gasteiger partial charge in [0.25, 0.3) is 0 Å². The number of carbonyl (C=O) groups is 1. The van der Waals surface area contributed by atoms with E-state index in [0.717, 1.165) is 40.0 Å². The van der Waals surface area contributed by atoms with Crippen LogP contribution in [0.4, 0.5) is 0 Å². The largest absolute Gasteiger partial charge is 0.294 e. The molecular formula is C16H16ClNO. The molecule has 0 saturated heterocycles. The van der Waals surface area contributed by atoms with Crippen molar-refractivity contribution >= 4 is 28.3 Å². The molecule has 0 amide bonds. The van der Waals surface area contributed by atoms with Crippen molar-refractivity contribution in [3.05, 3.63) is 40.0 Å². The van der Waals surface area contributed by atoms with Crippen LogP contribution in [0.2, 0.25) is 5.02 Å². The Hall–Kier alpha value is -1.41. The van der Waals surface area contributed by atoms with Gasteiger partial charge in [0.1, 0.15) is 0 Å². The van der Waals surface area contributed by atoms with Crippen LogP contribution in [0, 0.1) is 0 Å². The van der Waals surface area contributed by atoms with Gasteiger partial charge in [-0.1, -0.05) is 30.7 Å². The molecular weight excluding hydrogens is 258 g/mol. The molecule has 0 N–H and O–H groups in total. The van der Waals surface area contributed by atoms with Crippen LogP contribution in [-0.4, -0.2) is 10.8 Å². The van der Waals surface area contributed by atoms with E-state index >= 15 is 0 Å². The van der Waals surface area contributed by atoms with Crippen molar-refractivity contribution in [2.75, 3.05) is 0 Å². The van der Waals surface area contributed by atoms with Crippen LogP contribution in [-0.2, 0) is 12.8 Å². The number of aromatic nitrogens is 1. The van der Waals surface area contributed by atoms with E-state index in [-0.39, 0.29) is 5.78 Å². The minimum absolute atomic E-state index is 0.151. The highest BCUT2D eigenvalue weighted by atomic mass is 35.5. The van der Waals surface area contributed by atoms with E-state index in [9.17, 15) is 4.79 Å². The highest BCUT2D eigenvalue weighted by Crippen LogP contribution is 2.33. The molecule has 3 rings (SSSR count). The summed E-state index contributed by atoms with van der Waals surface area (Å²) in [7, 11) is 0. The second kappa shape index (κ2) is 4.93. The molecule has 1 aliphatic carbocycles. The maximum atomic E-state index is 11.8. The van der Waals surface area contributed by atoms with Crippen LogP contribution < -0.4 is 0 Å². The molecule has 19 heavy (non-hydrogen) atoms. The Morgan fingerprint density at radius 1 is 1.32 bits per heavy atom. The van der Waals surface area contributed by atoms with Crippen LogP contribution in [0.1, 0.15) is 47.8 Å². The van der Waals surface area contributed by atoms with Gasteiger partial charge in [-0.2, -0.15) is 0 Å². The Balaban J connectivity index is 2.21. The number of rotatable bonds is 2. The van der Waals surface area contributed by atoms with Crippen molar-refractivity contribution < 1.29 is 4.79 Å². The number of carbonyl (C=O) groups excluding carboxylic acids is 1. The number of aryl methyl sites for hydroxylation is 1. The minimum Gasteiger partial charge on any atom is -0.294 e. The van der Waals surface area contributed by atoms with E-state index in [4.69, 9.17) is 16.6 Å². The summed E-state index contributed by atoms with van der Waals surface area (Å²) in [5.41, 5.74) is 3.90. The Kier molecular flexibility index (Phi) is 3.28. The monoisotopic (exact) mass is 273 g/mol. The van der Waals surface area contributed by atoms with Crippen molar-refractivity contribution in [1.29, 1.82) is 0 Å². The van der Waals surface area contributed by atoms with Gasteiger partial charge in [0.05, 0.1) is 10.5 Å². The lowest BCUT2D eigenvalue weighted by atomic mass is 9.94. The fraction of sp³-hybridized carbons (Fsp3) is 0.375. The predicted molar refractivity (Wildman–Crippen MR) is 78.0 cm³/mol. The maximum absolute atomic E-state index is 11.8. The number of fused-ring (bicyclic) bond motifs is 2. The van der Waals surface area contributed by atoms with Crippen molar-refractivity contribution in [3.63, 3.8) is 0 Å². The lowest BCUT2D eigenvalue weighted by molar-refractivity contribution is 0.0988. The van der Waals surface area contributed by atoms with Gasteiger partial charge in [-0.25, -0.2) is 0 Å². The molecule has 0 atom stereocenters. The zero-order chi connectivity index (χ0) is 13.4. The normalized spacial score (nSPS) is 14.4. The first-order valence-corrected chi connectivity index (χ1v) is 7.22. The Morgan fingerprint density at radius 2 is 2.11 bits per heavy atom. The maximum Gasteiger partial charge on any atom is 0.162 e. The van der Waals surface area contributed by atoms with Gasteiger partial charge in [-0.3, -0.25) is 9.78 Å². The van der Waals surface area contributed by atoms with Gasteiger partial charge in [-0.15, -0.1) is 0 Å². The quantitative estimate of drug-likeness (QED) is 0.761. The molecule has 0 radical (unpaired) electrons. The molecule has 1 aromatic carbocycles. The van der Waals surface area contributed by atoms with Crippen molar-refractivity contribution in [3.8, 4) is 0 Å². The average molecular weight is 274 g/mol. The van der Waals surface area contributed by atoms with Crippen molar-refractivity contribution in [2.24, 2.45) is 0 Å². The van der Waals surface area contributed by atoms with E-state index in [1.165, 1.54) is 18.4 Å². The second-order valence-electron chi connectivity index (χ2n) is 5.07. The molecule has 3 heteroatoms. The molecule has 1 aromatic heterocycles. The highest BCUT2D eigenvalue weighted by Gasteiger charge is 2.17. The molecule has 1 aliphatic rings. The lowest BCUT2D eigenvalue weighted by Gasteiger charge is -2.17. The van der Waals surface area contributed by atoms with E-state index in [0.29, 0.717) is 6.42 Å². The van der Waals surface area contributed by atoms with Gasteiger partial charge in [0.2, 0.25) is 0 Å². The number of benzene rings is 1. The molecule has 0 spiro atoms. The minimum atomic E-state index is 0.151. The first kappa shape index (κ1) is 12.6. The fourth-order valence-electron chi connectivity index (χ4n) is 2.74. The molecule has 2 nitrogen and oxygen atoms in total. The number of hydrogen-bond donors (Lipinski definition) is 0. The summed E-state index contributed by atoms with van der Waals surface area (Å²) in [6.45, 7) is 1.87. The number of hydrogen-bond acceptors (Lipinski definition) is 2. The number of ketones is 1. The third kappa shape index (κ3) is 2.14. The smallest absolute Gasteiger partial charge is 0.162 e. The topological polar surface area (TPSA) is 30.0 Å². The van der Waals surface area contributed by atoms with E-state index in [1.54, 1.807) is 0 Å². The number of halogens is 1. The summed E-state index contributed by atoms with van der Waals surface area (Å²) in [5.74, 6) is 0.151. The van der Waals surface area contributed by atoms with Gasteiger partial charge >= 0.3 is 0 Å². The third-order valence-corrected chi connectivity index (χ3v) is 4.27. The van der Waals surface area contributed by atoms with Gasteiger partial charge < -0.3 is 0 Å². The second-order valence-corrected chi connectivity index (χ2v) is 5.44. The van der Waals surface area contributed by atoms with Gasteiger partial charge in [0.15, 0.2) is 5.78 Å². The number of pyridine rings is 1. The van der Waals surface area contributed by atoms with Crippen LogP contribution in [0.15, 0.2) is 18.2 Å². The Bertz CT molecular complexity index is 663. The molecule has 1 heterocycles. The highest BCUT2D eigenvalue weighted by molar-refractivity contribution is 6.36. The zero-order valence-electron chi connectivity index (χ0n) is 11.0. The van der Waals surface area contributed by atoms with Crippen molar-refractivity contribution in [1.82, 2.24) is 4.98 Å². The van der Waals surface area contributed by atoms with E-state index in [2.05, 4.69) is 0 Å². The van der Waals surface area contributed by atoms with E-state index < -0.39 is 0 Å². The molecule has 0 unspecified atom stereocenters. The lowest BCUT2D eigenvalue weighted by Crippen LogP contribution is -2.07. The molecule has 0 aliphatic heterocycles. The Labute approximate surface area is 117 Å². The molecule has 98 valence electrons. The first-order valence-electron chi connectivity index (χ1n) is 6.85. The predicted octanol–water partition coefficient (Wildman–Crippen LogP) is 4.36. The van der Waals surface area contributed by atoms with Crippen LogP contribution in [0.5, 0.6) is 0 Å². The number of Topliss-reactive ketones (excluding diaryl/α,β-unsaturated/α-hetero) is 1. The molecule has 2 aromatic rings. The average Bonchev–Trinajstić information content (AvgIpc) is 2.46. The van der Waals surface area contributed by atoms with Crippen LogP contribution in [0.3, 0.4) is 0 Å². The summed E-state index contributed by atoms with van der Waals surface area (Å²) in [6.07, 6.45) is 4.90. The number of nitrogens with zero attached hydrogens (tertiary/aromatic N) is 1.